The van der Waals surface area contributed by atoms with Gasteiger partial charge in [0.25, 0.3) is 0 Å². The Morgan fingerprint density at radius 1 is 1.82 bits per heavy atom. The first-order valence-electron chi connectivity index (χ1n) is 3.75. The van der Waals surface area contributed by atoms with Crippen LogP contribution >= 0.6 is 22.6 Å². The van der Waals surface area contributed by atoms with Crippen LogP contribution in [0.4, 0.5) is 5.82 Å². The molecule has 2 heterocycles. The van der Waals surface area contributed by atoms with E-state index in [2.05, 4.69) is 39.9 Å². The van der Waals surface area contributed by atoms with Gasteiger partial charge in [0.15, 0.2) is 0 Å². The van der Waals surface area contributed by atoms with Crippen LogP contribution in [-0.4, -0.2) is 15.8 Å². The maximum atomic E-state index is 4.24. The van der Waals surface area contributed by atoms with E-state index in [-0.39, 0.29) is 0 Å². The Morgan fingerprint density at radius 3 is 3.45 bits per heavy atom. The molecule has 1 atom stereocenters. The highest BCUT2D eigenvalue weighted by Gasteiger charge is 2.16. The van der Waals surface area contributed by atoms with Gasteiger partial charge in [-0.1, -0.05) is 0 Å². The molecule has 0 radical (unpaired) electrons. The summed E-state index contributed by atoms with van der Waals surface area (Å²) in [5, 5.41) is 7.64. The fraction of sp³-hybridized carbons (Fsp3) is 0.571. The monoisotopic (exact) mass is 263 g/mol. The zero-order valence-electron chi connectivity index (χ0n) is 6.34. The molecule has 1 aliphatic heterocycles. The Labute approximate surface area is 79.3 Å². The van der Waals surface area contributed by atoms with Crippen LogP contribution in [-0.2, 0) is 6.54 Å². The molecule has 1 N–H and O–H groups in total. The molecule has 0 saturated carbocycles. The van der Waals surface area contributed by atoms with Crippen molar-refractivity contribution >= 4 is 28.4 Å². The maximum Gasteiger partial charge on any atom is 0.138 e. The van der Waals surface area contributed by atoms with Gasteiger partial charge in [-0.2, -0.15) is 5.10 Å². The van der Waals surface area contributed by atoms with Crippen LogP contribution in [0.5, 0.6) is 0 Å². The largest absolute Gasteiger partial charge is 0.367 e. The third-order valence-electron chi connectivity index (χ3n) is 1.95. The zero-order chi connectivity index (χ0) is 7.84. The Morgan fingerprint density at radius 2 is 2.64 bits per heavy atom. The molecule has 11 heavy (non-hydrogen) atoms. The predicted octanol–water partition coefficient (Wildman–Crippen LogP) is 1.69. The number of hydrogen-bond donors (Lipinski definition) is 1. The Balaban J connectivity index is 2.37. The molecule has 0 spiro atoms. The van der Waals surface area contributed by atoms with E-state index in [0.717, 1.165) is 6.54 Å². The number of fused-ring (bicyclic) bond motifs is 1. The van der Waals surface area contributed by atoms with E-state index >= 15 is 0 Å². The molecule has 0 aliphatic carbocycles. The number of hydrogen-bond acceptors (Lipinski definition) is 2. The molecule has 0 fully saturated rings. The third-order valence-corrected chi connectivity index (χ3v) is 2.74. The number of nitrogens with one attached hydrogen (secondary N) is 1. The summed E-state index contributed by atoms with van der Waals surface area (Å²) in [7, 11) is 0. The fourth-order valence-electron chi connectivity index (χ4n) is 1.30. The average molecular weight is 263 g/mol. The van der Waals surface area contributed by atoms with Gasteiger partial charge in [-0.25, -0.2) is 4.68 Å². The lowest BCUT2D eigenvalue weighted by atomic mass is 10.2. The van der Waals surface area contributed by atoms with Gasteiger partial charge in [-0.3, -0.25) is 0 Å². The highest BCUT2D eigenvalue weighted by atomic mass is 127. The molecule has 1 aromatic rings. The molecule has 0 bridgehead atoms. The van der Waals surface area contributed by atoms with E-state index in [0.29, 0.717) is 6.04 Å². The molecular formula is C7H10IN3. The van der Waals surface area contributed by atoms with Crippen molar-refractivity contribution in [3.05, 3.63) is 9.77 Å². The lowest BCUT2D eigenvalue weighted by Gasteiger charge is -2.22. The van der Waals surface area contributed by atoms with Crippen molar-refractivity contribution in [1.82, 2.24) is 9.78 Å². The zero-order valence-corrected chi connectivity index (χ0v) is 8.50. The molecule has 2 rings (SSSR count). The number of halogens is 1. The second-order valence-corrected chi connectivity index (χ2v) is 4.06. The Hall–Kier alpha value is -0.260. The Bertz CT molecular complexity index is 269. The van der Waals surface area contributed by atoms with Gasteiger partial charge in [-0.05, 0) is 35.9 Å². The van der Waals surface area contributed by atoms with Gasteiger partial charge in [0.2, 0.25) is 0 Å². The summed E-state index contributed by atoms with van der Waals surface area (Å²) in [5.74, 6) is 1.18. The van der Waals surface area contributed by atoms with Gasteiger partial charge in [0, 0.05) is 12.6 Å². The van der Waals surface area contributed by atoms with Crippen molar-refractivity contribution in [2.75, 3.05) is 5.32 Å². The van der Waals surface area contributed by atoms with E-state index in [9.17, 15) is 0 Å². The summed E-state index contributed by atoms with van der Waals surface area (Å²) in [6, 6.07) is 0.590. The minimum Gasteiger partial charge on any atom is -0.367 e. The summed E-state index contributed by atoms with van der Waals surface area (Å²) in [4.78, 5) is 0. The van der Waals surface area contributed by atoms with Crippen molar-refractivity contribution in [3.8, 4) is 0 Å². The number of nitrogens with zero attached hydrogens (tertiary/aromatic N) is 2. The molecule has 0 amide bonds. The first kappa shape index (κ1) is 7.39. The number of rotatable bonds is 0. The SMILES string of the molecule is CC1CCn2ncc(I)c2N1. The average Bonchev–Trinajstić information content (AvgIpc) is 2.33. The number of anilines is 1. The molecule has 1 unspecified atom stereocenters. The molecular weight excluding hydrogens is 253 g/mol. The van der Waals surface area contributed by atoms with Crippen LogP contribution in [0, 0.1) is 3.57 Å². The molecule has 0 saturated heterocycles. The van der Waals surface area contributed by atoms with Crippen LogP contribution in [0.2, 0.25) is 0 Å². The van der Waals surface area contributed by atoms with Crippen LogP contribution in [0.15, 0.2) is 6.20 Å². The van der Waals surface area contributed by atoms with Gasteiger partial charge >= 0.3 is 0 Å². The first-order chi connectivity index (χ1) is 5.27. The van der Waals surface area contributed by atoms with Crippen LogP contribution in [0.25, 0.3) is 0 Å². The van der Waals surface area contributed by atoms with Crippen LogP contribution in [0.3, 0.4) is 0 Å². The van der Waals surface area contributed by atoms with Gasteiger partial charge in [0.1, 0.15) is 5.82 Å². The second-order valence-electron chi connectivity index (χ2n) is 2.90. The number of aromatic nitrogens is 2. The molecule has 4 heteroatoms. The molecule has 0 aromatic carbocycles. The smallest absolute Gasteiger partial charge is 0.138 e. The van der Waals surface area contributed by atoms with E-state index in [4.69, 9.17) is 0 Å². The van der Waals surface area contributed by atoms with E-state index in [1.165, 1.54) is 15.8 Å². The van der Waals surface area contributed by atoms with Crippen LogP contribution < -0.4 is 5.32 Å². The fourth-order valence-corrected chi connectivity index (χ4v) is 1.86. The summed E-state index contributed by atoms with van der Waals surface area (Å²) < 4.78 is 3.25. The third kappa shape index (κ3) is 1.23. The van der Waals surface area contributed by atoms with Crippen molar-refractivity contribution in [1.29, 1.82) is 0 Å². The highest BCUT2D eigenvalue weighted by Crippen LogP contribution is 2.22. The van der Waals surface area contributed by atoms with E-state index < -0.39 is 0 Å². The van der Waals surface area contributed by atoms with Crippen molar-refractivity contribution in [3.63, 3.8) is 0 Å². The molecule has 1 aliphatic rings. The summed E-state index contributed by atoms with van der Waals surface area (Å²) in [6.45, 7) is 3.25. The molecule has 1 aromatic heterocycles. The lowest BCUT2D eigenvalue weighted by molar-refractivity contribution is 0.512. The normalized spacial score (nSPS) is 22.5. The predicted molar refractivity (Wildman–Crippen MR) is 52.6 cm³/mol. The highest BCUT2D eigenvalue weighted by molar-refractivity contribution is 14.1. The molecule has 60 valence electrons. The second kappa shape index (κ2) is 2.66. The van der Waals surface area contributed by atoms with Crippen molar-refractivity contribution < 1.29 is 0 Å². The van der Waals surface area contributed by atoms with Gasteiger partial charge < -0.3 is 5.32 Å². The van der Waals surface area contributed by atoms with Gasteiger partial charge in [-0.15, -0.1) is 0 Å². The van der Waals surface area contributed by atoms with Crippen molar-refractivity contribution in [2.24, 2.45) is 0 Å². The summed E-state index contributed by atoms with van der Waals surface area (Å²) in [6.07, 6.45) is 3.08. The van der Waals surface area contributed by atoms with Gasteiger partial charge in [0.05, 0.1) is 9.77 Å². The van der Waals surface area contributed by atoms with E-state index in [1.807, 2.05) is 10.9 Å². The summed E-state index contributed by atoms with van der Waals surface area (Å²) in [5.41, 5.74) is 0. The number of aryl methyl sites for hydroxylation is 1. The standard InChI is InChI=1S/C7H10IN3/c1-5-2-3-11-7(10-5)6(8)4-9-11/h4-5,10H,2-3H2,1H3. The molecule has 3 nitrogen and oxygen atoms in total. The van der Waals surface area contributed by atoms with Crippen molar-refractivity contribution in [2.45, 2.75) is 25.9 Å². The minimum atomic E-state index is 0.590. The quantitative estimate of drug-likeness (QED) is 0.722. The summed E-state index contributed by atoms with van der Waals surface area (Å²) >= 11 is 2.30. The first-order valence-corrected chi connectivity index (χ1v) is 4.83. The van der Waals surface area contributed by atoms with E-state index in [1.54, 1.807) is 0 Å². The topological polar surface area (TPSA) is 29.9 Å². The Kier molecular flexibility index (Phi) is 1.78. The minimum absolute atomic E-state index is 0.590. The maximum absolute atomic E-state index is 4.24. The van der Waals surface area contributed by atoms with Crippen LogP contribution in [0.1, 0.15) is 13.3 Å². The lowest BCUT2D eigenvalue weighted by Crippen LogP contribution is -2.26.